The topological polar surface area (TPSA) is 17.8 Å². The van der Waals surface area contributed by atoms with Gasteiger partial charge in [-0.25, -0.2) is 0 Å². The average molecular weight is 814 g/mol. The van der Waals surface area contributed by atoms with Gasteiger partial charge in [0.2, 0.25) is 0 Å². The Hall–Kier alpha value is -1.85. The zero-order chi connectivity index (χ0) is 35.9. The Balaban J connectivity index is 1.64. The van der Waals surface area contributed by atoms with Crippen molar-refractivity contribution in [2.45, 2.75) is 170 Å². The molecule has 3 aromatic carbocycles. The Kier molecular flexibility index (Phi) is 16.7. The molecule has 278 valence electrons. The van der Waals surface area contributed by atoms with E-state index in [0.717, 1.165) is 6.54 Å². The summed E-state index contributed by atoms with van der Waals surface area (Å²) >= 11 is -0.391. The van der Waals surface area contributed by atoms with Gasteiger partial charge in [0.1, 0.15) is 0 Å². The van der Waals surface area contributed by atoms with E-state index in [1.807, 2.05) is 2.89 Å². The van der Waals surface area contributed by atoms with E-state index in [-0.39, 0.29) is 0 Å². The van der Waals surface area contributed by atoms with Crippen LogP contribution in [0, 0.1) is 5.92 Å². The molecule has 0 bridgehead atoms. The predicted octanol–water partition coefficient (Wildman–Crippen LogP) is 15.5. The number of thiophene rings is 1. The van der Waals surface area contributed by atoms with Gasteiger partial charge in [-0.2, -0.15) is 0 Å². The van der Waals surface area contributed by atoms with E-state index in [2.05, 4.69) is 111 Å². The molecular weight excluding hydrogens is 743 g/mol. The summed E-state index contributed by atoms with van der Waals surface area (Å²) < 4.78 is 9.13. The molecule has 4 heteroatoms. The van der Waals surface area contributed by atoms with Gasteiger partial charge < -0.3 is 0 Å². The van der Waals surface area contributed by atoms with Crippen molar-refractivity contribution in [3.05, 3.63) is 60.7 Å². The second-order valence-electron chi connectivity index (χ2n) is 15.9. The molecule has 5 rings (SSSR count). The Morgan fingerprint density at radius 2 is 1.04 bits per heavy atom. The van der Waals surface area contributed by atoms with E-state index in [9.17, 15) is 0 Å². The Morgan fingerprint density at radius 1 is 0.549 bits per heavy atom. The van der Waals surface area contributed by atoms with Crippen molar-refractivity contribution in [2.24, 2.45) is 5.92 Å². The first-order chi connectivity index (χ1) is 25.1. The first-order valence-electron chi connectivity index (χ1n) is 21.5. The zero-order valence-corrected chi connectivity index (χ0v) is 36.9. The van der Waals surface area contributed by atoms with Crippen LogP contribution < -0.4 is 2.89 Å². The fourth-order valence-electron chi connectivity index (χ4n) is 8.82. The van der Waals surface area contributed by atoms with E-state index in [0.29, 0.717) is 5.92 Å². The van der Waals surface area contributed by atoms with E-state index < -0.39 is 18.4 Å². The van der Waals surface area contributed by atoms with Crippen LogP contribution in [-0.4, -0.2) is 27.9 Å². The Morgan fingerprint density at radius 3 is 1.63 bits per heavy atom. The zero-order valence-electron chi connectivity index (χ0n) is 33.2. The molecule has 2 nitrogen and oxygen atoms in total. The molecule has 1 unspecified atom stereocenters. The van der Waals surface area contributed by atoms with Crippen molar-refractivity contribution < 1.29 is 0 Å². The second kappa shape index (κ2) is 21.1. The van der Waals surface area contributed by atoms with Gasteiger partial charge in [-0.3, -0.25) is 0 Å². The molecule has 1 atom stereocenters. The molecular formula is C47H70N2SSn. The van der Waals surface area contributed by atoms with Crippen molar-refractivity contribution in [1.82, 2.24) is 9.55 Å². The SMILES string of the molecule is CCCCCCCCC(CCCCCC)Cn1c(-c2cc[c]([Sn]([CH2]CCC)([CH2]CCC)[CH2]CCC)s2)nc2c3ccccc3c3ccccc3c21. The summed E-state index contributed by atoms with van der Waals surface area (Å²) in [6.07, 6.45) is 24.5. The molecule has 0 fully saturated rings. The van der Waals surface area contributed by atoms with Crippen LogP contribution in [0.15, 0.2) is 60.7 Å². The number of unbranched alkanes of at least 4 members (excludes halogenated alkanes) is 11. The van der Waals surface area contributed by atoms with Gasteiger partial charge in [0.25, 0.3) is 0 Å². The second-order valence-corrected chi connectivity index (χ2v) is 31.1. The molecule has 0 N–H and O–H groups in total. The number of hydrogen-bond acceptors (Lipinski definition) is 2. The number of nitrogens with zero attached hydrogens (tertiary/aromatic N) is 2. The van der Waals surface area contributed by atoms with Crippen molar-refractivity contribution in [3.63, 3.8) is 0 Å². The summed E-state index contributed by atoms with van der Waals surface area (Å²) in [5.41, 5.74) is 2.57. The van der Waals surface area contributed by atoms with E-state index in [4.69, 9.17) is 4.98 Å². The molecule has 2 heterocycles. The maximum atomic E-state index is 5.73. The van der Waals surface area contributed by atoms with Crippen LogP contribution in [0.3, 0.4) is 0 Å². The first-order valence-corrected chi connectivity index (χ1v) is 29.8. The summed E-state index contributed by atoms with van der Waals surface area (Å²) in [6, 6.07) is 23.4. The third-order valence-corrected chi connectivity index (χ3v) is 31.2. The molecule has 0 aliphatic carbocycles. The van der Waals surface area contributed by atoms with Crippen LogP contribution in [0.5, 0.6) is 0 Å². The molecule has 5 aromatic rings. The summed E-state index contributed by atoms with van der Waals surface area (Å²) in [4.78, 5) is 7.15. The van der Waals surface area contributed by atoms with E-state index in [1.54, 1.807) is 0 Å². The minimum atomic E-state index is -2.57. The van der Waals surface area contributed by atoms with Gasteiger partial charge in [0.15, 0.2) is 0 Å². The van der Waals surface area contributed by atoms with Crippen LogP contribution in [0.2, 0.25) is 13.3 Å². The molecule has 0 amide bonds. The summed E-state index contributed by atoms with van der Waals surface area (Å²) in [7, 11) is 0. The van der Waals surface area contributed by atoms with Crippen molar-refractivity contribution in [1.29, 1.82) is 0 Å². The molecule has 0 saturated heterocycles. The number of fused-ring (bicyclic) bond motifs is 6. The van der Waals surface area contributed by atoms with Crippen molar-refractivity contribution in [2.75, 3.05) is 0 Å². The number of aromatic nitrogens is 2. The third-order valence-electron chi connectivity index (χ3n) is 11.9. The van der Waals surface area contributed by atoms with Crippen LogP contribution >= 0.6 is 11.3 Å². The summed E-state index contributed by atoms with van der Waals surface area (Å²) in [5.74, 6) is 1.93. The van der Waals surface area contributed by atoms with Gasteiger partial charge in [0, 0.05) is 0 Å². The molecule has 51 heavy (non-hydrogen) atoms. The number of rotatable bonds is 25. The molecule has 0 radical (unpaired) electrons. The van der Waals surface area contributed by atoms with Crippen LogP contribution in [0.4, 0.5) is 0 Å². The standard InChI is InChI=1S/C35H43N2S.3C4H9.Sn/c1-3-5-7-9-10-12-19-27(18-11-8-6-4-2)26-37-34-31-23-16-14-21-29(31)28-20-13-15-22-30(28)33(34)36-35(37)32-24-17-25-38-32;3*1-3-4-2;/h13-17,20-24,27H,3-12,18-19,26H2,1-2H3;3*1,3-4H2,2H3;. The monoisotopic (exact) mass is 814 g/mol. The van der Waals surface area contributed by atoms with Crippen molar-refractivity contribution in [3.8, 4) is 10.7 Å². The Bertz CT molecular complexity index is 1730. The maximum absolute atomic E-state index is 5.73. The summed E-state index contributed by atoms with van der Waals surface area (Å²) in [5, 5.41) is 5.37. The van der Waals surface area contributed by atoms with Gasteiger partial charge in [-0.1, -0.05) is 26.7 Å². The average Bonchev–Trinajstić information content (AvgIpc) is 3.81. The van der Waals surface area contributed by atoms with Crippen LogP contribution in [0.25, 0.3) is 43.3 Å². The predicted molar refractivity (Wildman–Crippen MR) is 233 cm³/mol. The number of hydrogen-bond donors (Lipinski definition) is 0. The fraction of sp³-hybridized carbons (Fsp3) is 0.596. The number of imidazole rings is 1. The minimum absolute atomic E-state index is 0.686. The van der Waals surface area contributed by atoms with Gasteiger partial charge in [-0.15, -0.1) is 0 Å². The first kappa shape index (κ1) is 40.3. The van der Waals surface area contributed by atoms with Crippen LogP contribution in [0.1, 0.15) is 150 Å². The van der Waals surface area contributed by atoms with Gasteiger partial charge in [0.05, 0.1) is 0 Å². The quantitative estimate of drug-likeness (QED) is 0.0326. The molecule has 0 spiro atoms. The fourth-order valence-corrected chi connectivity index (χ4v) is 29.0. The van der Waals surface area contributed by atoms with Gasteiger partial charge in [-0.05, 0) is 0 Å². The van der Waals surface area contributed by atoms with E-state index in [1.165, 1.54) is 172 Å². The Labute approximate surface area is 320 Å². The molecule has 2 aromatic heterocycles. The number of benzene rings is 3. The van der Waals surface area contributed by atoms with Gasteiger partial charge >= 0.3 is 295 Å². The molecule has 0 saturated carbocycles. The van der Waals surface area contributed by atoms with E-state index >= 15 is 0 Å². The molecule has 0 aliphatic heterocycles. The summed E-state index contributed by atoms with van der Waals surface area (Å²) in [6.45, 7) is 12.9. The van der Waals surface area contributed by atoms with Crippen LogP contribution in [-0.2, 0) is 6.54 Å². The third kappa shape index (κ3) is 10.2. The normalized spacial score (nSPS) is 12.9. The molecule has 0 aliphatic rings. The van der Waals surface area contributed by atoms with Crippen molar-refractivity contribution >= 4 is 65.2 Å².